The number of hydrogen-bond donors (Lipinski definition) is 2. The van der Waals surface area contributed by atoms with E-state index in [0.717, 1.165) is 10.5 Å². The molecular formula is C51H50N6O10. The number of carbonyl (C=O) groups is 4. The lowest BCUT2D eigenvalue weighted by molar-refractivity contribution is -0.179. The summed E-state index contributed by atoms with van der Waals surface area (Å²) in [5, 5.41) is 19.2. The molecule has 1 aromatic heterocycles. The summed E-state index contributed by atoms with van der Waals surface area (Å²) in [4.78, 5) is 77.9. The Kier molecular flexibility index (Phi) is 13.3. The van der Waals surface area contributed by atoms with Crippen LogP contribution in [0, 0.1) is 17.8 Å². The lowest BCUT2D eigenvalue weighted by Crippen LogP contribution is -2.59. The number of nitrogens with zero attached hydrogens (tertiary/aromatic N) is 6. The molecule has 3 saturated heterocycles. The molecule has 3 fully saturated rings. The molecule has 67 heavy (non-hydrogen) atoms. The van der Waals surface area contributed by atoms with Crippen molar-refractivity contribution in [2.75, 3.05) is 76.1 Å². The molecule has 4 aliphatic rings. The summed E-state index contributed by atoms with van der Waals surface area (Å²) in [5.74, 6) is 3.57. The molecule has 4 aromatic carbocycles. The Bertz CT molecular complexity index is 2640. The molecule has 1 spiro atoms. The van der Waals surface area contributed by atoms with Gasteiger partial charge in [0.25, 0.3) is 0 Å². The van der Waals surface area contributed by atoms with Crippen molar-refractivity contribution < 1.29 is 48.3 Å². The zero-order valence-electron chi connectivity index (χ0n) is 36.8. The van der Waals surface area contributed by atoms with Crippen molar-refractivity contribution in [1.29, 1.82) is 0 Å². The first-order chi connectivity index (χ1) is 32.8. The highest BCUT2D eigenvalue weighted by Crippen LogP contribution is 2.66. The monoisotopic (exact) mass is 906 g/mol. The quantitative estimate of drug-likeness (QED) is 0.102. The van der Waals surface area contributed by atoms with Crippen LogP contribution in [-0.2, 0) is 34.0 Å². The predicted octanol–water partition coefficient (Wildman–Crippen LogP) is 4.38. The Labute approximate surface area is 387 Å². The van der Waals surface area contributed by atoms with E-state index >= 15 is 14.4 Å². The largest absolute Gasteiger partial charge is 0.491 e. The van der Waals surface area contributed by atoms with Crippen LogP contribution in [0.1, 0.15) is 52.4 Å². The molecule has 16 nitrogen and oxygen atoms in total. The number of cyclic esters (lactones) is 1. The van der Waals surface area contributed by atoms with E-state index in [1.165, 1.54) is 7.11 Å². The van der Waals surface area contributed by atoms with Crippen LogP contribution < -0.4 is 14.5 Å². The number of aliphatic hydroxyl groups is 2. The molecule has 2 N–H and O–H groups in total. The number of methoxy groups -OCH3 is 1. The van der Waals surface area contributed by atoms with E-state index in [1.807, 2.05) is 70.5 Å². The summed E-state index contributed by atoms with van der Waals surface area (Å²) in [6.07, 6.45) is 1.59. The number of hydrogen-bond acceptors (Lipinski definition) is 14. The Morgan fingerprint density at radius 1 is 0.791 bits per heavy atom. The summed E-state index contributed by atoms with van der Waals surface area (Å²) in [7, 11) is 1.46. The molecule has 3 amide bonds. The molecule has 9 rings (SSSR count). The molecule has 344 valence electrons. The fourth-order valence-corrected chi connectivity index (χ4v) is 10.1. The lowest BCUT2D eigenvalue weighted by atomic mass is 9.65. The maximum atomic E-state index is 16.4. The molecular weight excluding hydrogens is 857 g/mol. The van der Waals surface area contributed by atoms with E-state index in [1.54, 1.807) is 65.8 Å². The Morgan fingerprint density at radius 3 is 2.16 bits per heavy atom. The van der Waals surface area contributed by atoms with E-state index in [0.29, 0.717) is 47.0 Å². The number of imide groups is 1. The van der Waals surface area contributed by atoms with Gasteiger partial charge < -0.3 is 39.0 Å². The van der Waals surface area contributed by atoms with Crippen LogP contribution in [0.15, 0.2) is 122 Å². The topological polar surface area (TPSA) is 184 Å². The second-order valence-corrected chi connectivity index (χ2v) is 16.5. The first-order valence-electron chi connectivity index (χ1n) is 22.3. The van der Waals surface area contributed by atoms with Crippen LogP contribution in [0.3, 0.4) is 0 Å². The fraction of sp³-hybridized carbons (Fsp3) is 0.333. The third kappa shape index (κ3) is 8.25. The van der Waals surface area contributed by atoms with Crippen LogP contribution in [0.25, 0.3) is 0 Å². The molecule has 6 atom stereocenters. The molecule has 0 saturated carbocycles. The highest BCUT2D eigenvalue weighted by Gasteiger charge is 2.76. The second kappa shape index (κ2) is 19.7. The minimum atomic E-state index is -2.02. The zero-order chi connectivity index (χ0) is 46.5. The maximum absolute atomic E-state index is 16.4. The third-order valence-corrected chi connectivity index (χ3v) is 12.9. The zero-order valence-corrected chi connectivity index (χ0v) is 36.8. The van der Waals surface area contributed by atoms with Crippen molar-refractivity contribution in [3.63, 3.8) is 0 Å². The highest BCUT2D eigenvalue weighted by atomic mass is 16.6. The van der Waals surface area contributed by atoms with Gasteiger partial charge in [0.15, 0.2) is 0 Å². The lowest BCUT2D eigenvalue weighted by Gasteiger charge is -2.46. The van der Waals surface area contributed by atoms with Crippen molar-refractivity contribution in [2.45, 2.75) is 36.1 Å². The predicted molar refractivity (Wildman–Crippen MR) is 244 cm³/mol. The minimum Gasteiger partial charge on any atom is -0.491 e. The van der Waals surface area contributed by atoms with Crippen molar-refractivity contribution in [1.82, 2.24) is 19.8 Å². The summed E-state index contributed by atoms with van der Waals surface area (Å²) in [5.41, 5.74) is 0.889. The van der Waals surface area contributed by atoms with Crippen molar-refractivity contribution in [3.05, 3.63) is 149 Å². The molecule has 5 heterocycles. The van der Waals surface area contributed by atoms with Gasteiger partial charge in [-0.05, 0) is 58.7 Å². The Hall–Kier alpha value is -7.16. The van der Waals surface area contributed by atoms with Crippen molar-refractivity contribution in [2.24, 2.45) is 5.92 Å². The SMILES string of the molecule is COCCOC(=O)N1C(=O)[C@@]2(c3cc(C#CCCO)ccc31)[C@H](C(=O)N1CCN(c3ncccn3)CC1)[C@H]1C(=O)O[C@H](c3ccccc3)[C@H](c3ccccc3)N1[C@@H]2c1ccc(OCCO)cc1. The van der Waals surface area contributed by atoms with Gasteiger partial charge in [0, 0.05) is 57.7 Å². The number of benzene rings is 4. The van der Waals surface area contributed by atoms with Gasteiger partial charge in [0.1, 0.15) is 36.5 Å². The number of aromatic nitrogens is 2. The number of amides is 3. The minimum absolute atomic E-state index is 0.0356. The normalized spacial score (nSPS) is 23.3. The molecule has 0 bridgehead atoms. The number of anilines is 2. The summed E-state index contributed by atoms with van der Waals surface area (Å²) < 4.78 is 23.3. The van der Waals surface area contributed by atoms with Gasteiger partial charge in [-0.3, -0.25) is 19.3 Å². The number of aliphatic hydroxyl groups excluding tert-OH is 2. The van der Waals surface area contributed by atoms with Crippen LogP contribution in [0.2, 0.25) is 0 Å². The number of rotatable bonds is 12. The van der Waals surface area contributed by atoms with E-state index in [-0.39, 0.29) is 58.2 Å². The smallest absolute Gasteiger partial charge is 0.421 e. The van der Waals surface area contributed by atoms with E-state index < -0.39 is 59.4 Å². The molecule has 16 heteroatoms. The average Bonchev–Trinajstić information content (AvgIpc) is 3.83. The summed E-state index contributed by atoms with van der Waals surface area (Å²) in [6, 6.07) is 29.3. The van der Waals surface area contributed by atoms with Gasteiger partial charge >= 0.3 is 12.1 Å². The van der Waals surface area contributed by atoms with Gasteiger partial charge in [-0.2, -0.15) is 0 Å². The van der Waals surface area contributed by atoms with Crippen LogP contribution in [0.5, 0.6) is 5.75 Å². The van der Waals surface area contributed by atoms with Gasteiger partial charge in [-0.1, -0.05) is 84.6 Å². The van der Waals surface area contributed by atoms with Gasteiger partial charge in [0.05, 0.1) is 43.5 Å². The third-order valence-electron chi connectivity index (χ3n) is 12.9. The van der Waals surface area contributed by atoms with Crippen LogP contribution >= 0.6 is 0 Å². The van der Waals surface area contributed by atoms with Crippen molar-refractivity contribution in [3.8, 4) is 17.6 Å². The first kappa shape index (κ1) is 45.0. The number of morpholine rings is 1. The molecule has 4 aliphatic heterocycles. The molecule has 5 aromatic rings. The Morgan fingerprint density at radius 2 is 1.49 bits per heavy atom. The van der Waals surface area contributed by atoms with Crippen molar-refractivity contribution >= 4 is 35.5 Å². The number of ether oxygens (including phenoxy) is 4. The molecule has 0 unspecified atom stereocenters. The standard InChI is InChI=1S/C51H50N6O10/c1-64-31-32-66-50(63)56-40-21-16-34(11-8-9-28-58)33-39(40)51(48(56)62)41(46(60)54-24-26-55(27-25-54)49-52-22-10-23-53-49)43-47(61)67-44(36-14-6-3-7-15-36)42(35-12-4-2-5-13-35)57(43)45(51)37-17-19-38(20-18-37)65-30-29-59/h2-7,10,12-23,33,41-45,58-59H,9,24-32H2,1H3/t41-,42-,43-,44+,45+,51-/m0/s1. The number of esters is 1. The average molecular weight is 907 g/mol. The highest BCUT2D eigenvalue weighted by molar-refractivity contribution is 6.23. The molecule has 0 aliphatic carbocycles. The maximum Gasteiger partial charge on any atom is 0.421 e. The van der Waals surface area contributed by atoms with Crippen LogP contribution in [0.4, 0.5) is 16.4 Å². The summed E-state index contributed by atoms with van der Waals surface area (Å²) in [6.45, 7) is 0.672. The van der Waals surface area contributed by atoms with Gasteiger partial charge in [-0.15, -0.1) is 0 Å². The van der Waals surface area contributed by atoms with Crippen LogP contribution in [-0.4, -0.2) is 126 Å². The fourth-order valence-electron chi connectivity index (χ4n) is 10.1. The van der Waals surface area contributed by atoms with Gasteiger partial charge in [-0.25, -0.2) is 19.7 Å². The summed E-state index contributed by atoms with van der Waals surface area (Å²) >= 11 is 0. The van der Waals surface area contributed by atoms with E-state index in [9.17, 15) is 15.0 Å². The van der Waals surface area contributed by atoms with E-state index in [4.69, 9.17) is 18.9 Å². The first-order valence-corrected chi connectivity index (χ1v) is 22.3. The van der Waals surface area contributed by atoms with Gasteiger partial charge in [0.2, 0.25) is 17.8 Å². The second-order valence-electron chi connectivity index (χ2n) is 16.5. The number of piperazine rings is 1. The number of carbonyl (C=O) groups excluding carboxylic acids is 4. The Balaban J connectivity index is 1.31. The van der Waals surface area contributed by atoms with E-state index in [2.05, 4.69) is 21.8 Å². The number of fused-ring (bicyclic) bond motifs is 3. The molecule has 0 radical (unpaired) electrons.